The van der Waals surface area contributed by atoms with Crippen LogP contribution in [0.3, 0.4) is 0 Å². The largest absolute Gasteiger partial charge is 0.351 e. The highest BCUT2D eigenvalue weighted by atomic mass is 32.1. The molecule has 0 aliphatic carbocycles. The van der Waals surface area contributed by atoms with Crippen molar-refractivity contribution in [1.29, 1.82) is 0 Å². The van der Waals surface area contributed by atoms with Gasteiger partial charge in [0.25, 0.3) is 0 Å². The molecule has 0 saturated carbocycles. The van der Waals surface area contributed by atoms with Crippen molar-refractivity contribution in [1.82, 2.24) is 5.32 Å². The first kappa shape index (κ1) is 12.8. The molecule has 0 aliphatic heterocycles. The molecule has 0 bridgehead atoms. The van der Waals surface area contributed by atoms with Crippen LogP contribution in [0.2, 0.25) is 0 Å². The van der Waals surface area contributed by atoms with Crippen molar-refractivity contribution in [2.45, 2.75) is 19.4 Å². The van der Waals surface area contributed by atoms with E-state index in [1.165, 1.54) is 6.07 Å². The van der Waals surface area contributed by atoms with E-state index in [1.54, 1.807) is 29.5 Å². The van der Waals surface area contributed by atoms with E-state index < -0.39 is 0 Å². The van der Waals surface area contributed by atoms with Crippen LogP contribution in [-0.2, 0) is 17.8 Å². The SMILES string of the molecule is O=C(CCc1ccccc1F)NCc1cccs1. The van der Waals surface area contributed by atoms with E-state index in [9.17, 15) is 9.18 Å². The highest BCUT2D eigenvalue weighted by molar-refractivity contribution is 7.09. The van der Waals surface area contributed by atoms with Gasteiger partial charge in [-0.05, 0) is 29.5 Å². The number of aryl methyl sites for hydroxylation is 1. The van der Waals surface area contributed by atoms with Crippen LogP contribution < -0.4 is 5.32 Å². The number of thiophene rings is 1. The number of carbonyl (C=O) groups is 1. The van der Waals surface area contributed by atoms with Gasteiger partial charge in [-0.25, -0.2) is 4.39 Å². The molecule has 4 heteroatoms. The molecule has 0 aliphatic rings. The summed E-state index contributed by atoms with van der Waals surface area (Å²) in [5.74, 6) is -0.296. The summed E-state index contributed by atoms with van der Waals surface area (Å²) >= 11 is 1.61. The summed E-state index contributed by atoms with van der Waals surface area (Å²) in [6.07, 6.45) is 0.745. The molecule has 0 fully saturated rings. The van der Waals surface area contributed by atoms with Crippen molar-refractivity contribution in [3.63, 3.8) is 0 Å². The van der Waals surface area contributed by atoms with E-state index in [1.807, 2.05) is 17.5 Å². The second kappa shape index (κ2) is 6.31. The molecule has 1 aromatic heterocycles. The van der Waals surface area contributed by atoms with E-state index in [4.69, 9.17) is 0 Å². The van der Waals surface area contributed by atoms with Gasteiger partial charge in [0.1, 0.15) is 5.82 Å². The molecule has 1 amide bonds. The molecule has 2 rings (SSSR count). The lowest BCUT2D eigenvalue weighted by molar-refractivity contribution is -0.121. The predicted molar refractivity (Wildman–Crippen MR) is 70.9 cm³/mol. The lowest BCUT2D eigenvalue weighted by Gasteiger charge is -2.04. The second-order valence-corrected chi connectivity index (χ2v) is 4.98. The van der Waals surface area contributed by atoms with Gasteiger partial charge in [0.2, 0.25) is 5.91 Å². The molecule has 1 heterocycles. The van der Waals surface area contributed by atoms with Gasteiger partial charge in [0.15, 0.2) is 0 Å². The molecule has 1 N–H and O–H groups in total. The third kappa shape index (κ3) is 3.67. The molecular formula is C14H14FNOS. The van der Waals surface area contributed by atoms with Crippen LogP contribution in [0.4, 0.5) is 4.39 Å². The molecule has 2 aromatic rings. The molecule has 94 valence electrons. The first-order chi connectivity index (χ1) is 8.75. The summed E-state index contributed by atoms with van der Waals surface area (Å²) in [4.78, 5) is 12.7. The van der Waals surface area contributed by atoms with Gasteiger partial charge in [0.05, 0.1) is 6.54 Å². The Labute approximate surface area is 109 Å². The van der Waals surface area contributed by atoms with Crippen molar-refractivity contribution in [2.75, 3.05) is 0 Å². The van der Waals surface area contributed by atoms with Crippen molar-refractivity contribution in [2.24, 2.45) is 0 Å². The summed E-state index contributed by atoms with van der Waals surface area (Å²) in [5, 5.41) is 4.80. The molecule has 0 atom stereocenters. The zero-order chi connectivity index (χ0) is 12.8. The summed E-state index contributed by atoms with van der Waals surface area (Å²) in [6.45, 7) is 0.549. The van der Waals surface area contributed by atoms with Gasteiger partial charge in [-0.3, -0.25) is 4.79 Å². The molecular weight excluding hydrogens is 249 g/mol. The Morgan fingerprint density at radius 1 is 1.22 bits per heavy atom. The Morgan fingerprint density at radius 3 is 2.78 bits per heavy atom. The number of amides is 1. The van der Waals surface area contributed by atoms with Crippen molar-refractivity contribution >= 4 is 17.2 Å². The number of rotatable bonds is 5. The Bertz CT molecular complexity index is 510. The van der Waals surface area contributed by atoms with E-state index in [-0.39, 0.29) is 11.7 Å². The van der Waals surface area contributed by atoms with Gasteiger partial charge >= 0.3 is 0 Å². The summed E-state index contributed by atoms with van der Waals surface area (Å²) in [7, 11) is 0. The Morgan fingerprint density at radius 2 is 2.06 bits per heavy atom. The van der Waals surface area contributed by atoms with Crippen LogP contribution >= 0.6 is 11.3 Å². The minimum atomic E-state index is -0.247. The van der Waals surface area contributed by atoms with E-state index in [0.717, 1.165) is 4.88 Å². The monoisotopic (exact) mass is 263 g/mol. The number of halogens is 1. The third-order valence-electron chi connectivity index (χ3n) is 2.62. The van der Waals surface area contributed by atoms with Crippen LogP contribution in [0.5, 0.6) is 0 Å². The molecule has 0 unspecified atom stereocenters. The molecule has 0 saturated heterocycles. The average molecular weight is 263 g/mol. The maximum Gasteiger partial charge on any atom is 0.220 e. The predicted octanol–water partition coefficient (Wildman–Crippen LogP) is 3.14. The number of hydrogen-bond acceptors (Lipinski definition) is 2. The van der Waals surface area contributed by atoms with Crippen LogP contribution in [-0.4, -0.2) is 5.91 Å². The highest BCUT2D eigenvalue weighted by Crippen LogP contribution is 2.10. The van der Waals surface area contributed by atoms with Gasteiger partial charge in [-0.15, -0.1) is 11.3 Å². The van der Waals surface area contributed by atoms with Crippen molar-refractivity contribution in [3.05, 3.63) is 58.0 Å². The lowest BCUT2D eigenvalue weighted by Crippen LogP contribution is -2.22. The first-order valence-corrected chi connectivity index (χ1v) is 6.66. The van der Waals surface area contributed by atoms with Crippen LogP contribution in [0.25, 0.3) is 0 Å². The number of hydrogen-bond donors (Lipinski definition) is 1. The van der Waals surface area contributed by atoms with Gasteiger partial charge in [0, 0.05) is 11.3 Å². The highest BCUT2D eigenvalue weighted by Gasteiger charge is 2.05. The molecule has 2 nitrogen and oxygen atoms in total. The standard InChI is InChI=1S/C14H14FNOS/c15-13-6-2-1-4-11(13)7-8-14(17)16-10-12-5-3-9-18-12/h1-6,9H,7-8,10H2,(H,16,17). The zero-order valence-corrected chi connectivity index (χ0v) is 10.7. The number of benzene rings is 1. The molecule has 0 radical (unpaired) electrons. The van der Waals surface area contributed by atoms with Crippen molar-refractivity contribution in [3.8, 4) is 0 Å². The topological polar surface area (TPSA) is 29.1 Å². The van der Waals surface area contributed by atoms with E-state index in [2.05, 4.69) is 5.32 Å². The molecule has 0 spiro atoms. The van der Waals surface area contributed by atoms with Crippen LogP contribution in [0.1, 0.15) is 16.9 Å². The fourth-order valence-electron chi connectivity index (χ4n) is 1.64. The van der Waals surface area contributed by atoms with Gasteiger partial charge < -0.3 is 5.32 Å². The average Bonchev–Trinajstić information content (AvgIpc) is 2.88. The number of carbonyl (C=O) groups excluding carboxylic acids is 1. The quantitative estimate of drug-likeness (QED) is 0.882. The maximum atomic E-state index is 13.3. The Balaban J connectivity index is 1.77. The van der Waals surface area contributed by atoms with Crippen LogP contribution in [0.15, 0.2) is 41.8 Å². The Hall–Kier alpha value is -1.68. The second-order valence-electron chi connectivity index (χ2n) is 3.95. The van der Waals surface area contributed by atoms with E-state index in [0.29, 0.717) is 24.9 Å². The first-order valence-electron chi connectivity index (χ1n) is 5.78. The van der Waals surface area contributed by atoms with Crippen molar-refractivity contribution < 1.29 is 9.18 Å². The normalized spacial score (nSPS) is 10.3. The number of nitrogens with one attached hydrogen (secondary N) is 1. The lowest BCUT2D eigenvalue weighted by atomic mass is 10.1. The summed E-state index contributed by atoms with van der Waals surface area (Å²) in [5.41, 5.74) is 0.587. The molecule has 18 heavy (non-hydrogen) atoms. The minimum absolute atomic E-state index is 0.0494. The van der Waals surface area contributed by atoms with Gasteiger partial charge in [-0.1, -0.05) is 24.3 Å². The molecule has 1 aromatic carbocycles. The third-order valence-corrected chi connectivity index (χ3v) is 3.50. The fraction of sp³-hybridized carbons (Fsp3) is 0.214. The summed E-state index contributed by atoms with van der Waals surface area (Å²) in [6, 6.07) is 10.5. The maximum absolute atomic E-state index is 13.3. The Kier molecular flexibility index (Phi) is 4.47. The van der Waals surface area contributed by atoms with Gasteiger partial charge in [-0.2, -0.15) is 0 Å². The van der Waals surface area contributed by atoms with E-state index >= 15 is 0 Å². The minimum Gasteiger partial charge on any atom is -0.351 e. The zero-order valence-electron chi connectivity index (χ0n) is 9.86. The summed E-state index contributed by atoms with van der Waals surface area (Å²) < 4.78 is 13.3. The van der Waals surface area contributed by atoms with Crippen LogP contribution in [0, 0.1) is 5.82 Å². The smallest absolute Gasteiger partial charge is 0.220 e. The fourth-order valence-corrected chi connectivity index (χ4v) is 2.28.